The van der Waals surface area contributed by atoms with Crippen LogP contribution in [0, 0.1) is 0 Å². The van der Waals surface area contributed by atoms with Crippen LogP contribution in [0.25, 0.3) is 11.1 Å². The number of benzene rings is 3. The normalized spacial score (nSPS) is 13.2. The minimum absolute atomic E-state index is 0.0226. The second-order valence-corrected chi connectivity index (χ2v) is 11.3. The van der Waals surface area contributed by atoms with Gasteiger partial charge in [0.2, 0.25) is 10.0 Å². The van der Waals surface area contributed by atoms with Crippen molar-refractivity contribution in [1.29, 1.82) is 0 Å². The van der Waals surface area contributed by atoms with Gasteiger partial charge in [0.05, 0.1) is 11.3 Å². The Hall–Kier alpha value is -3.23. The van der Waals surface area contributed by atoms with Gasteiger partial charge in [-0.25, -0.2) is 17.5 Å². The van der Waals surface area contributed by atoms with Crippen molar-refractivity contribution < 1.29 is 22.7 Å². The van der Waals surface area contributed by atoms with Gasteiger partial charge in [0.25, 0.3) is 5.91 Å². The summed E-state index contributed by atoms with van der Waals surface area (Å²) in [5.41, 5.74) is 1.98. The number of phenolic OH excluding ortho intramolecular Hbond substituents is 1. The second kappa shape index (κ2) is 12.8. The molecular weight excluding hydrogens is 491 g/mol. The number of rotatable bonds is 13. The Balaban J connectivity index is 1.52. The third-order valence-corrected chi connectivity index (χ3v) is 7.70. The molecule has 3 rings (SSSR count). The summed E-state index contributed by atoms with van der Waals surface area (Å²) in [6, 6.07) is 21.7. The highest BCUT2D eigenvalue weighted by molar-refractivity contribution is 7.89. The highest BCUT2D eigenvalue weighted by atomic mass is 32.2. The molecule has 0 aliphatic rings. The number of aryl methyl sites for hydroxylation is 1. The Bertz CT molecular complexity index is 1290. The fraction of sp³-hybridized carbons (Fsp3) is 0.345. The standard InChI is InChI=1S/C29H35FN2O4S/c1-3-19-37(35,36)32-21-29(2,30)25-16-14-23(15-17-25)24-11-8-10-22(20-24)9-6-7-18-31-28(34)26-12-4-5-13-27(26)33/h4-5,8,10-17,20,32-33H,3,6-7,9,18-19,21H2,1-2H3,(H,31,34). The molecule has 0 radical (unpaired) electrons. The van der Waals surface area contributed by atoms with E-state index in [1.165, 1.54) is 13.0 Å². The van der Waals surface area contributed by atoms with Gasteiger partial charge in [0, 0.05) is 13.1 Å². The van der Waals surface area contributed by atoms with Crippen molar-refractivity contribution in [1.82, 2.24) is 10.0 Å². The van der Waals surface area contributed by atoms with E-state index in [0.717, 1.165) is 36.0 Å². The summed E-state index contributed by atoms with van der Waals surface area (Å²) in [5, 5.41) is 12.6. The van der Waals surface area contributed by atoms with Gasteiger partial charge in [-0.05, 0) is 67.0 Å². The highest BCUT2D eigenvalue weighted by Crippen LogP contribution is 2.28. The number of hydrogen-bond donors (Lipinski definition) is 3. The number of alkyl halides is 1. The predicted octanol–water partition coefficient (Wildman–Crippen LogP) is 5.33. The first-order valence-corrected chi connectivity index (χ1v) is 14.2. The average molecular weight is 527 g/mol. The summed E-state index contributed by atoms with van der Waals surface area (Å²) in [7, 11) is -3.48. The lowest BCUT2D eigenvalue weighted by Crippen LogP contribution is -2.36. The zero-order chi connectivity index (χ0) is 26.9. The van der Waals surface area contributed by atoms with Crippen LogP contribution >= 0.6 is 0 Å². The maximum Gasteiger partial charge on any atom is 0.255 e. The summed E-state index contributed by atoms with van der Waals surface area (Å²) in [5.74, 6) is -0.338. The van der Waals surface area contributed by atoms with E-state index in [-0.39, 0.29) is 29.5 Å². The number of para-hydroxylation sites is 1. The maximum absolute atomic E-state index is 15.2. The molecule has 8 heteroatoms. The molecule has 3 N–H and O–H groups in total. The molecule has 0 bridgehead atoms. The highest BCUT2D eigenvalue weighted by Gasteiger charge is 2.27. The molecule has 0 aliphatic carbocycles. The number of sulfonamides is 1. The first-order valence-electron chi connectivity index (χ1n) is 12.5. The van der Waals surface area contributed by atoms with Crippen LogP contribution in [0.4, 0.5) is 4.39 Å². The van der Waals surface area contributed by atoms with Crippen molar-refractivity contribution >= 4 is 15.9 Å². The second-order valence-electron chi connectivity index (χ2n) is 9.35. The number of halogens is 1. The van der Waals surface area contributed by atoms with Gasteiger partial charge in [-0.15, -0.1) is 0 Å². The van der Waals surface area contributed by atoms with Crippen molar-refractivity contribution in [3.8, 4) is 16.9 Å². The molecule has 1 unspecified atom stereocenters. The van der Waals surface area contributed by atoms with Gasteiger partial charge in [-0.3, -0.25) is 4.79 Å². The van der Waals surface area contributed by atoms with E-state index in [1.807, 2.05) is 24.3 Å². The molecule has 1 amide bonds. The van der Waals surface area contributed by atoms with Crippen molar-refractivity contribution in [2.45, 2.75) is 45.2 Å². The fourth-order valence-electron chi connectivity index (χ4n) is 4.02. The van der Waals surface area contributed by atoms with E-state index in [0.29, 0.717) is 18.5 Å². The fourth-order valence-corrected chi connectivity index (χ4v) is 5.19. The van der Waals surface area contributed by atoms with Gasteiger partial charge < -0.3 is 10.4 Å². The van der Waals surface area contributed by atoms with Crippen LogP contribution in [0.1, 0.15) is 54.6 Å². The third-order valence-electron chi connectivity index (χ3n) is 6.17. The number of carbonyl (C=O) groups is 1. The topological polar surface area (TPSA) is 95.5 Å². The van der Waals surface area contributed by atoms with E-state index >= 15 is 4.39 Å². The molecule has 1 atom stereocenters. The summed E-state index contributed by atoms with van der Waals surface area (Å²) in [4.78, 5) is 12.2. The zero-order valence-corrected chi connectivity index (χ0v) is 22.2. The molecule has 3 aromatic carbocycles. The summed E-state index contributed by atoms with van der Waals surface area (Å²) in [6.45, 7) is 3.35. The third kappa shape index (κ3) is 8.40. The molecule has 0 spiro atoms. The monoisotopic (exact) mass is 526 g/mol. The molecule has 198 valence electrons. The van der Waals surface area contributed by atoms with E-state index in [1.54, 1.807) is 37.3 Å². The maximum atomic E-state index is 15.2. The van der Waals surface area contributed by atoms with Crippen LogP contribution in [0.15, 0.2) is 72.8 Å². The number of nitrogens with one attached hydrogen (secondary N) is 2. The summed E-state index contributed by atoms with van der Waals surface area (Å²) >= 11 is 0. The molecule has 0 saturated carbocycles. The minimum atomic E-state index is -3.48. The quantitative estimate of drug-likeness (QED) is 0.263. The molecule has 0 heterocycles. The lowest BCUT2D eigenvalue weighted by Gasteiger charge is -2.22. The summed E-state index contributed by atoms with van der Waals surface area (Å²) < 4.78 is 41.3. The summed E-state index contributed by atoms with van der Waals surface area (Å²) in [6.07, 6.45) is 3.01. The number of phenols is 1. The van der Waals surface area contributed by atoms with E-state index in [4.69, 9.17) is 0 Å². The van der Waals surface area contributed by atoms with Crippen LogP contribution in [-0.4, -0.2) is 38.3 Å². The largest absolute Gasteiger partial charge is 0.507 e. The minimum Gasteiger partial charge on any atom is -0.507 e. The number of unbranched alkanes of at least 4 members (excludes halogenated alkanes) is 1. The Labute approximate surface area is 219 Å². The number of hydrogen-bond acceptors (Lipinski definition) is 4. The van der Waals surface area contributed by atoms with Crippen LogP contribution in [0.3, 0.4) is 0 Å². The lowest BCUT2D eigenvalue weighted by molar-refractivity contribution is 0.0950. The van der Waals surface area contributed by atoms with Crippen LogP contribution in [0.5, 0.6) is 5.75 Å². The average Bonchev–Trinajstić information content (AvgIpc) is 2.88. The van der Waals surface area contributed by atoms with Crippen molar-refractivity contribution in [3.05, 3.63) is 89.5 Å². The van der Waals surface area contributed by atoms with Gasteiger partial charge >= 0.3 is 0 Å². The van der Waals surface area contributed by atoms with Crippen LogP contribution in [-0.2, 0) is 22.1 Å². The predicted molar refractivity (Wildman–Crippen MR) is 146 cm³/mol. The number of amides is 1. The lowest BCUT2D eigenvalue weighted by atomic mass is 9.94. The molecule has 6 nitrogen and oxygen atoms in total. The Morgan fingerprint density at radius 3 is 2.41 bits per heavy atom. The van der Waals surface area contributed by atoms with Crippen LogP contribution in [0.2, 0.25) is 0 Å². The Morgan fingerprint density at radius 1 is 0.973 bits per heavy atom. The van der Waals surface area contributed by atoms with E-state index in [2.05, 4.69) is 22.2 Å². The van der Waals surface area contributed by atoms with E-state index < -0.39 is 15.7 Å². The van der Waals surface area contributed by atoms with Crippen molar-refractivity contribution in [2.75, 3.05) is 18.8 Å². The van der Waals surface area contributed by atoms with E-state index in [9.17, 15) is 18.3 Å². The SMILES string of the molecule is CCCS(=O)(=O)NCC(C)(F)c1ccc(-c2cccc(CCCCNC(=O)c3ccccc3O)c2)cc1. The molecule has 3 aromatic rings. The smallest absolute Gasteiger partial charge is 0.255 e. The van der Waals surface area contributed by atoms with Crippen LogP contribution < -0.4 is 10.0 Å². The molecule has 0 aliphatic heterocycles. The first-order chi connectivity index (χ1) is 17.6. The molecule has 37 heavy (non-hydrogen) atoms. The van der Waals surface area contributed by atoms with Gasteiger partial charge in [0.1, 0.15) is 11.4 Å². The van der Waals surface area contributed by atoms with Gasteiger partial charge in [-0.2, -0.15) is 0 Å². The molecule has 0 fully saturated rings. The molecule has 0 aromatic heterocycles. The zero-order valence-electron chi connectivity index (χ0n) is 21.3. The number of aromatic hydroxyl groups is 1. The van der Waals surface area contributed by atoms with Crippen molar-refractivity contribution in [3.63, 3.8) is 0 Å². The Kier molecular flexibility index (Phi) is 9.83. The molecule has 0 saturated heterocycles. The van der Waals surface area contributed by atoms with Crippen molar-refractivity contribution in [2.24, 2.45) is 0 Å². The first kappa shape index (κ1) is 28.3. The number of carbonyl (C=O) groups excluding carboxylic acids is 1. The molecular formula is C29H35FN2O4S. The van der Waals surface area contributed by atoms with Gasteiger partial charge in [0.15, 0.2) is 0 Å². The van der Waals surface area contributed by atoms with Gasteiger partial charge in [-0.1, -0.05) is 67.6 Å². The Morgan fingerprint density at radius 2 is 1.70 bits per heavy atom.